The summed E-state index contributed by atoms with van der Waals surface area (Å²) in [6.07, 6.45) is 1.88. The molecule has 1 aliphatic rings. The zero-order valence-corrected chi connectivity index (χ0v) is 13.2. The molecule has 118 valence electrons. The molecule has 2 heterocycles. The lowest BCUT2D eigenvalue weighted by Gasteiger charge is -2.23. The number of hydrogen-bond acceptors (Lipinski definition) is 4. The molecule has 22 heavy (non-hydrogen) atoms. The van der Waals surface area contributed by atoms with Crippen LogP contribution in [-0.4, -0.2) is 42.1 Å². The van der Waals surface area contributed by atoms with Gasteiger partial charge in [0.15, 0.2) is 0 Å². The van der Waals surface area contributed by atoms with Crippen LogP contribution in [0.2, 0.25) is 0 Å². The molecule has 2 aromatic rings. The molecule has 1 aromatic carbocycles. The first-order valence-electron chi connectivity index (χ1n) is 7.63. The minimum atomic E-state index is 0.462. The lowest BCUT2D eigenvalue weighted by atomic mass is 10.1. The summed E-state index contributed by atoms with van der Waals surface area (Å²) in [6, 6.07) is 10.4. The Morgan fingerprint density at radius 3 is 2.68 bits per heavy atom. The normalized spacial score (nSPS) is 18.7. The lowest BCUT2D eigenvalue weighted by molar-refractivity contribution is 0.114. The number of methoxy groups -OCH3 is 2. The number of benzene rings is 1. The zero-order valence-electron chi connectivity index (χ0n) is 13.2. The number of rotatable bonds is 5. The summed E-state index contributed by atoms with van der Waals surface area (Å²) < 4.78 is 12.7. The fourth-order valence-corrected chi connectivity index (χ4v) is 3.07. The van der Waals surface area contributed by atoms with Crippen molar-refractivity contribution in [1.82, 2.24) is 14.7 Å². The number of fused-ring (bicyclic) bond motifs is 1. The van der Waals surface area contributed by atoms with Gasteiger partial charge in [-0.05, 0) is 23.8 Å². The Labute approximate surface area is 131 Å². The Hall–Kier alpha value is -1.85. The van der Waals surface area contributed by atoms with E-state index in [2.05, 4.69) is 32.9 Å². The monoisotopic (exact) mass is 301 g/mol. The van der Waals surface area contributed by atoms with Crippen molar-refractivity contribution in [2.45, 2.75) is 19.6 Å². The van der Waals surface area contributed by atoms with Crippen LogP contribution in [0.4, 0.5) is 0 Å². The fourth-order valence-electron chi connectivity index (χ4n) is 3.07. The zero-order chi connectivity index (χ0) is 15.4. The molecule has 0 fully saturated rings. The van der Waals surface area contributed by atoms with Gasteiger partial charge in [0.25, 0.3) is 0 Å². The molecule has 1 aliphatic heterocycles. The van der Waals surface area contributed by atoms with Crippen LogP contribution in [0, 0.1) is 5.92 Å². The van der Waals surface area contributed by atoms with Gasteiger partial charge in [0, 0.05) is 45.4 Å². The van der Waals surface area contributed by atoms with Crippen LogP contribution in [0.25, 0.3) is 0 Å². The first-order chi connectivity index (χ1) is 10.8. The minimum Gasteiger partial charge on any atom is -0.497 e. The first-order valence-corrected chi connectivity index (χ1v) is 7.63. The summed E-state index contributed by atoms with van der Waals surface area (Å²) in [5.74, 6) is 1.36. The van der Waals surface area contributed by atoms with Gasteiger partial charge in [0.1, 0.15) is 5.75 Å². The minimum absolute atomic E-state index is 0.462. The molecule has 0 radical (unpaired) electrons. The van der Waals surface area contributed by atoms with E-state index < -0.39 is 0 Å². The molecular formula is C17H23N3O2. The summed E-state index contributed by atoms with van der Waals surface area (Å²) in [5.41, 5.74) is 2.57. The van der Waals surface area contributed by atoms with Crippen molar-refractivity contribution >= 4 is 0 Å². The number of aromatic nitrogens is 2. The third-order valence-electron chi connectivity index (χ3n) is 4.11. The standard InChI is InChI=1S/C17H23N3O2/c1-21-13-15-10-19(12-16-7-8-18-20(16)11-15)9-14-3-5-17(22-2)6-4-14/h3-8,15H,9-13H2,1-2H3/t15-/m1/s1. The Bertz CT molecular complexity index is 594. The van der Waals surface area contributed by atoms with Crippen molar-refractivity contribution in [3.8, 4) is 5.75 Å². The highest BCUT2D eigenvalue weighted by Crippen LogP contribution is 2.19. The van der Waals surface area contributed by atoms with Gasteiger partial charge < -0.3 is 9.47 Å². The average Bonchev–Trinajstić information content (AvgIpc) is 2.88. The van der Waals surface area contributed by atoms with Crippen molar-refractivity contribution in [1.29, 1.82) is 0 Å². The van der Waals surface area contributed by atoms with Crippen molar-refractivity contribution in [2.24, 2.45) is 5.92 Å². The van der Waals surface area contributed by atoms with E-state index in [1.165, 1.54) is 11.3 Å². The Balaban J connectivity index is 1.73. The highest BCUT2D eigenvalue weighted by molar-refractivity contribution is 5.27. The molecule has 1 aromatic heterocycles. The maximum atomic E-state index is 5.37. The van der Waals surface area contributed by atoms with Gasteiger partial charge in [-0.15, -0.1) is 0 Å². The van der Waals surface area contributed by atoms with Crippen molar-refractivity contribution in [3.63, 3.8) is 0 Å². The van der Waals surface area contributed by atoms with Gasteiger partial charge >= 0.3 is 0 Å². The van der Waals surface area contributed by atoms with Gasteiger partial charge in [-0.1, -0.05) is 12.1 Å². The molecule has 5 nitrogen and oxygen atoms in total. The molecule has 0 amide bonds. The largest absolute Gasteiger partial charge is 0.497 e. The summed E-state index contributed by atoms with van der Waals surface area (Å²) >= 11 is 0. The Kier molecular flexibility index (Phi) is 4.75. The van der Waals surface area contributed by atoms with Crippen molar-refractivity contribution < 1.29 is 9.47 Å². The molecule has 0 bridgehead atoms. The van der Waals surface area contributed by atoms with E-state index in [-0.39, 0.29) is 0 Å². The predicted octanol–water partition coefficient (Wildman–Crippen LogP) is 2.17. The molecule has 0 N–H and O–H groups in total. The second kappa shape index (κ2) is 6.94. The van der Waals surface area contributed by atoms with Crippen LogP contribution < -0.4 is 4.74 Å². The number of ether oxygens (including phenoxy) is 2. The highest BCUT2D eigenvalue weighted by atomic mass is 16.5. The SMILES string of the molecule is COC[C@@H]1CN(Cc2ccc(OC)cc2)Cc2ccnn2C1. The van der Waals surface area contributed by atoms with Gasteiger partial charge in [0.2, 0.25) is 0 Å². The molecule has 5 heteroatoms. The molecular weight excluding hydrogens is 278 g/mol. The first kappa shape index (κ1) is 15.1. The average molecular weight is 301 g/mol. The topological polar surface area (TPSA) is 39.5 Å². The van der Waals surface area contributed by atoms with Crippen LogP contribution >= 0.6 is 0 Å². The quantitative estimate of drug-likeness (QED) is 0.848. The van der Waals surface area contributed by atoms with Crippen LogP contribution in [0.3, 0.4) is 0 Å². The second-order valence-electron chi connectivity index (χ2n) is 5.84. The van der Waals surface area contributed by atoms with E-state index in [1.807, 2.05) is 18.3 Å². The number of nitrogens with zero attached hydrogens (tertiary/aromatic N) is 3. The third-order valence-corrected chi connectivity index (χ3v) is 4.11. The maximum Gasteiger partial charge on any atom is 0.118 e. The summed E-state index contributed by atoms with van der Waals surface area (Å²) in [7, 11) is 3.46. The van der Waals surface area contributed by atoms with E-state index in [4.69, 9.17) is 9.47 Å². The summed E-state index contributed by atoms with van der Waals surface area (Å²) in [5, 5.41) is 4.43. The smallest absolute Gasteiger partial charge is 0.118 e. The predicted molar refractivity (Wildman–Crippen MR) is 84.7 cm³/mol. The van der Waals surface area contributed by atoms with E-state index in [0.717, 1.165) is 38.5 Å². The Morgan fingerprint density at radius 2 is 1.95 bits per heavy atom. The second-order valence-corrected chi connectivity index (χ2v) is 5.84. The molecule has 0 saturated heterocycles. The molecule has 0 spiro atoms. The molecule has 0 saturated carbocycles. The van der Waals surface area contributed by atoms with Gasteiger partial charge in [0.05, 0.1) is 19.4 Å². The van der Waals surface area contributed by atoms with Crippen LogP contribution in [0.15, 0.2) is 36.5 Å². The van der Waals surface area contributed by atoms with E-state index in [1.54, 1.807) is 14.2 Å². The maximum absolute atomic E-state index is 5.37. The van der Waals surface area contributed by atoms with E-state index >= 15 is 0 Å². The highest BCUT2D eigenvalue weighted by Gasteiger charge is 2.22. The van der Waals surface area contributed by atoms with Crippen molar-refractivity contribution in [3.05, 3.63) is 47.8 Å². The van der Waals surface area contributed by atoms with Crippen LogP contribution in [0.1, 0.15) is 11.3 Å². The summed E-state index contributed by atoms with van der Waals surface area (Å²) in [4.78, 5) is 2.46. The summed E-state index contributed by atoms with van der Waals surface area (Å²) in [6.45, 7) is 4.55. The van der Waals surface area contributed by atoms with Crippen LogP contribution in [-0.2, 0) is 24.4 Å². The number of hydrogen-bond donors (Lipinski definition) is 0. The van der Waals surface area contributed by atoms with Crippen LogP contribution in [0.5, 0.6) is 5.75 Å². The molecule has 1 atom stereocenters. The van der Waals surface area contributed by atoms with Gasteiger partial charge in [-0.25, -0.2) is 0 Å². The molecule has 3 rings (SSSR count). The van der Waals surface area contributed by atoms with Gasteiger partial charge in [-0.3, -0.25) is 9.58 Å². The lowest BCUT2D eigenvalue weighted by Crippen LogP contribution is -2.29. The third kappa shape index (κ3) is 3.48. The van der Waals surface area contributed by atoms with Gasteiger partial charge in [-0.2, -0.15) is 5.10 Å². The fraction of sp³-hybridized carbons (Fsp3) is 0.471. The Morgan fingerprint density at radius 1 is 1.14 bits per heavy atom. The van der Waals surface area contributed by atoms with Crippen molar-refractivity contribution in [2.75, 3.05) is 27.4 Å². The molecule has 0 unspecified atom stereocenters. The van der Waals surface area contributed by atoms with E-state index in [9.17, 15) is 0 Å². The molecule has 0 aliphatic carbocycles. The van der Waals surface area contributed by atoms with E-state index in [0.29, 0.717) is 5.92 Å².